The first-order chi connectivity index (χ1) is 16.5. The highest BCUT2D eigenvalue weighted by Crippen LogP contribution is 2.25. The van der Waals surface area contributed by atoms with Crippen LogP contribution in [0.4, 0.5) is 4.79 Å². The SMILES string of the molecule is COC(=O)[C@H](Cc1ccccc1)NC(=O)N(Cc1ccccc1)N1C(=O)c2ccccc2C1=O. The van der Waals surface area contributed by atoms with Crippen molar-refractivity contribution in [3.63, 3.8) is 0 Å². The third kappa shape index (κ3) is 4.66. The zero-order valence-electron chi connectivity index (χ0n) is 18.5. The van der Waals surface area contributed by atoms with Crippen LogP contribution in [-0.2, 0) is 22.5 Å². The first kappa shape index (κ1) is 22.7. The number of benzene rings is 3. The Kier molecular flexibility index (Phi) is 6.68. The molecule has 0 saturated carbocycles. The van der Waals surface area contributed by atoms with Gasteiger partial charge in [0.05, 0.1) is 24.8 Å². The van der Waals surface area contributed by atoms with E-state index in [1.807, 2.05) is 36.4 Å². The van der Waals surface area contributed by atoms with Crippen LogP contribution in [0, 0.1) is 0 Å². The number of carbonyl (C=O) groups excluding carboxylic acids is 4. The van der Waals surface area contributed by atoms with Crippen LogP contribution in [0.15, 0.2) is 84.9 Å². The van der Waals surface area contributed by atoms with Crippen molar-refractivity contribution in [2.75, 3.05) is 7.11 Å². The van der Waals surface area contributed by atoms with Crippen LogP contribution in [0.25, 0.3) is 0 Å². The minimum atomic E-state index is -1.02. The Morgan fingerprint density at radius 3 is 1.85 bits per heavy atom. The molecule has 34 heavy (non-hydrogen) atoms. The quantitative estimate of drug-likeness (QED) is 0.434. The molecule has 4 rings (SSSR count). The number of nitrogens with zero attached hydrogens (tertiary/aromatic N) is 2. The maximum absolute atomic E-state index is 13.5. The van der Waals surface area contributed by atoms with Gasteiger partial charge in [0, 0.05) is 6.42 Å². The minimum absolute atomic E-state index is 0.0582. The molecule has 0 aromatic heterocycles. The van der Waals surface area contributed by atoms with E-state index in [-0.39, 0.29) is 24.1 Å². The van der Waals surface area contributed by atoms with Gasteiger partial charge in [0.25, 0.3) is 11.8 Å². The molecule has 0 radical (unpaired) electrons. The van der Waals surface area contributed by atoms with E-state index < -0.39 is 29.9 Å². The van der Waals surface area contributed by atoms with Gasteiger partial charge in [-0.15, -0.1) is 0 Å². The number of hydrazine groups is 1. The third-order valence-corrected chi connectivity index (χ3v) is 5.49. The Bertz CT molecular complexity index is 1180. The molecule has 1 N–H and O–H groups in total. The van der Waals surface area contributed by atoms with Gasteiger partial charge in [-0.1, -0.05) is 72.8 Å². The molecule has 1 aliphatic heterocycles. The van der Waals surface area contributed by atoms with E-state index in [2.05, 4.69) is 5.32 Å². The van der Waals surface area contributed by atoms with Crippen LogP contribution in [0.5, 0.6) is 0 Å². The maximum atomic E-state index is 13.5. The molecule has 8 heteroatoms. The fourth-order valence-corrected chi connectivity index (χ4v) is 3.79. The van der Waals surface area contributed by atoms with Crippen molar-refractivity contribution in [3.8, 4) is 0 Å². The molecular formula is C26H23N3O5. The lowest BCUT2D eigenvalue weighted by Gasteiger charge is -2.31. The molecule has 0 spiro atoms. The summed E-state index contributed by atoms with van der Waals surface area (Å²) >= 11 is 0. The number of fused-ring (bicyclic) bond motifs is 1. The summed E-state index contributed by atoms with van der Waals surface area (Å²) in [6.07, 6.45) is 0.181. The van der Waals surface area contributed by atoms with Gasteiger partial charge < -0.3 is 10.1 Å². The number of hydrogen-bond donors (Lipinski definition) is 1. The molecular weight excluding hydrogens is 434 g/mol. The summed E-state index contributed by atoms with van der Waals surface area (Å²) in [6.45, 7) is -0.0582. The molecule has 1 heterocycles. The van der Waals surface area contributed by atoms with Gasteiger partial charge in [0.15, 0.2) is 0 Å². The number of imide groups is 1. The van der Waals surface area contributed by atoms with E-state index in [4.69, 9.17) is 4.74 Å². The molecule has 0 bridgehead atoms. The molecule has 0 aliphatic carbocycles. The van der Waals surface area contributed by atoms with Crippen LogP contribution in [0.2, 0.25) is 0 Å². The van der Waals surface area contributed by atoms with Crippen LogP contribution in [-0.4, -0.2) is 47.0 Å². The van der Waals surface area contributed by atoms with E-state index in [1.54, 1.807) is 48.5 Å². The number of urea groups is 1. The van der Waals surface area contributed by atoms with Gasteiger partial charge in [-0.05, 0) is 23.3 Å². The molecule has 1 aliphatic rings. The van der Waals surface area contributed by atoms with Crippen LogP contribution in [0.1, 0.15) is 31.8 Å². The molecule has 0 fully saturated rings. The molecule has 0 unspecified atom stereocenters. The van der Waals surface area contributed by atoms with Crippen molar-refractivity contribution in [1.82, 2.24) is 15.3 Å². The van der Waals surface area contributed by atoms with E-state index >= 15 is 0 Å². The number of nitrogens with one attached hydrogen (secondary N) is 1. The van der Waals surface area contributed by atoms with E-state index in [1.165, 1.54) is 7.11 Å². The molecule has 4 amide bonds. The lowest BCUT2D eigenvalue weighted by atomic mass is 10.1. The largest absolute Gasteiger partial charge is 0.467 e. The Hall–Kier alpha value is -4.46. The standard InChI is InChI=1S/C26H23N3O5/c1-34-25(32)22(16-18-10-4-2-5-11-18)27-26(33)28(17-19-12-6-3-7-13-19)29-23(30)20-14-8-9-15-21(20)24(29)31/h2-15,22H,16-17H2,1H3,(H,27,33)/t22-/m0/s1. The Morgan fingerprint density at radius 2 is 1.32 bits per heavy atom. The summed E-state index contributed by atoms with van der Waals surface area (Å²) in [5, 5.41) is 4.50. The van der Waals surface area contributed by atoms with E-state index in [0.29, 0.717) is 5.56 Å². The second-order valence-corrected chi connectivity index (χ2v) is 7.73. The number of carbonyl (C=O) groups is 4. The number of hydrogen-bond acceptors (Lipinski definition) is 5. The summed E-state index contributed by atoms with van der Waals surface area (Å²) in [6, 6.07) is 22.7. The fourth-order valence-electron chi connectivity index (χ4n) is 3.79. The molecule has 3 aromatic carbocycles. The third-order valence-electron chi connectivity index (χ3n) is 5.49. The van der Waals surface area contributed by atoms with Crippen molar-refractivity contribution < 1.29 is 23.9 Å². The number of rotatable bonds is 7. The second kappa shape index (κ2) is 9.99. The molecule has 3 aromatic rings. The second-order valence-electron chi connectivity index (χ2n) is 7.73. The molecule has 1 atom stereocenters. The number of ether oxygens (including phenoxy) is 1. The predicted octanol–water partition coefficient (Wildman–Crippen LogP) is 3.19. The fraction of sp³-hybridized carbons (Fsp3) is 0.154. The average Bonchev–Trinajstić information content (AvgIpc) is 3.12. The topological polar surface area (TPSA) is 96.0 Å². The zero-order valence-corrected chi connectivity index (χ0v) is 18.5. The van der Waals surface area contributed by atoms with Crippen LogP contribution in [0.3, 0.4) is 0 Å². The van der Waals surface area contributed by atoms with Gasteiger partial charge in [0.2, 0.25) is 0 Å². The summed E-state index contributed by atoms with van der Waals surface area (Å²) in [5.41, 5.74) is 1.94. The zero-order chi connectivity index (χ0) is 24.1. The number of amides is 4. The van der Waals surface area contributed by atoms with Crippen molar-refractivity contribution in [2.45, 2.75) is 19.0 Å². The highest BCUT2D eigenvalue weighted by Gasteiger charge is 2.42. The van der Waals surface area contributed by atoms with Crippen molar-refractivity contribution in [3.05, 3.63) is 107 Å². The van der Waals surface area contributed by atoms with Crippen molar-refractivity contribution in [2.24, 2.45) is 0 Å². The highest BCUT2D eigenvalue weighted by molar-refractivity contribution is 6.21. The summed E-state index contributed by atoms with van der Waals surface area (Å²) in [5.74, 6) is -1.85. The van der Waals surface area contributed by atoms with Gasteiger partial charge in [0.1, 0.15) is 6.04 Å². The molecule has 172 valence electrons. The highest BCUT2D eigenvalue weighted by atomic mass is 16.5. The smallest absolute Gasteiger partial charge is 0.337 e. The first-order valence-corrected chi connectivity index (χ1v) is 10.7. The Balaban J connectivity index is 1.64. The van der Waals surface area contributed by atoms with Gasteiger partial charge in [-0.2, -0.15) is 5.01 Å². The Labute approximate surface area is 196 Å². The summed E-state index contributed by atoms with van der Waals surface area (Å²) in [7, 11) is 1.23. The molecule has 0 saturated heterocycles. The minimum Gasteiger partial charge on any atom is -0.467 e. The number of methoxy groups -OCH3 is 1. The lowest BCUT2D eigenvalue weighted by molar-refractivity contribution is -0.142. The summed E-state index contributed by atoms with van der Waals surface area (Å²) in [4.78, 5) is 52.1. The maximum Gasteiger partial charge on any atom is 0.337 e. The van der Waals surface area contributed by atoms with E-state index in [9.17, 15) is 19.2 Å². The van der Waals surface area contributed by atoms with Crippen LogP contribution < -0.4 is 5.32 Å². The van der Waals surface area contributed by atoms with Gasteiger partial charge >= 0.3 is 12.0 Å². The first-order valence-electron chi connectivity index (χ1n) is 10.7. The molecule has 8 nitrogen and oxygen atoms in total. The van der Waals surface area contributed by atoms with E-state index in [0.717, 1.165) is 15.6 Å². The lowest BCUT2D eigenvalue weighted by Crippen LogP contribution is -2.56. The number of esters is 1. The Morgan fingerprint density at radius 1 is 0.824 bits per heavy atom. The van der Waals surface area contributed by atoms with Crippen molar-refractivity contribution >= 4 is 23.8 Å². The van der Waals surface area contributed by atoms with Crippen LogP contribution >= 0.6 is 0 Å². The average molecular weight is 457 g/mol. The summed E-state index contributed by atoms with van der Waals surface area (Å²) < 4.78 is 4.88. The van der Waals surface area contributed by atoms with Gasteiger partial charge in [-0.25, -0.2) is 14.6 Å². The van der Waals surface area contributed by atoms with Crippen molar-refractivity contribution in [1.29, 1.82) is 0 Å². The predicted molar refractivity (Wildman–Crippen MR) is 123 cm³/mol. The normalized spacial score (nSPS) is 13.3. The monoisotopic (exact) mass is 457 g/mol. The van der Waals surface area contributed by atoms with Gasteiger partial charge in [-0.3, -0.25) is 9.59 Å².